The molecule has 5 nitrogen and oxygen atoms in total. The zero-order valence-corrected chi connectivity index (χ0v) is 14.7. The molecule has 2 aliphatic heterocycles. The van der Waals surface area contributed by atoms with Crippen LogP contribution in [0.4, 0.5) is 0 Å². The van der Waals surface area contributed by atoms with Crippen molar-refractivity contribution in [2.45, 2.75) is 38.3 Å². The molecule has 4 rings (SSSR count). The smallest absolute Gasteiger partial charge is 0.236 e. The number of likely N-dealkylation sites (tertiary alicyclic amines) is 1. The quantitative estimate of drug-likeness (QED) is 0.879. The molecule has 2 fully saturated rings. The second-order valence-electron chi connectivity index (χ2n) is 7.25. The number of rotatable bonds is 6. The number of carbonyl (C=O) groups is 1. The molecule has 0 saturated carbocycles. The first-order chi connectivity index (χ1) is 12.3. The van der Waals surface area contributed by atoms with Crippen molar-refractivity contribution in [1.82, 2.24) is 14.8 Å². The van der Waals surface area contributed by atoms with Crippen molar-refractivity contribution in [2.75, 3.05) is 32.8 Å². The predicted molar refractivity (Wildman–Crippen MR) is 98.4 cm³/mol. The average molecular weight is 341 g/mol. The average Bonchev–Trinajstić information content (AvgIpc) is 3.37. The number of aromatic amines is 1. The number of fused-ring (bicyclic) bond motifs is 1. The van der Waals surface area contributed by atoms with Gasteiger partial charge in [0.25, 0.3) is 0 Å². The maximum Gasteiger partial charge on any atom is 0.236 e. The van der Waals surface area contributed by atoms with Crippen LogP contribution in [0.2, 0.25) is 0 Å². The van der Waals surface area contributed by atoms with Crippen molar-refractivity contribution in [3.63, 3.8) is 0 Å². The first-order valence-electron chi connectivity index (χ1n) is 9.46. The maximum atomic E-state index is 12.7. The van der Waals surface area contributed by atoms with E-state index in [4.69, 9.17) is 4.74 Å². The highest BCUT2D eigenvalue weighted by Gasteiger charge is 2.24. The van der Waals surface area contributed by atoms with Crippen molar-refractivity contribution in [3.05, 3.63) is 36.0 Å². The molecule has 2 saturated heterocycles. The van der Waals surface area contributed by atoms with Crippen molar-refractivity contribution in [1.29, 1.82) is 0 Å². The highest BCUT2D eigenvalue weighted by Crippen LogP contribution is 2.21. The van der Waals surface area contributed by atoms with E-state index in [2.05, 4.69) is 34.1 Å². The number of carbonyl (C=O) groups excluding carboxylic acids is 1. The molecule has 1 aromatic heterocycles. The molecule has 0 spiro atoms. The van der Waals surface area contributed by atoms with Crippen molar-refractivity contribution in [3.8, 4) is 0 Å². The molecule has 134 valence electrons. The normalized spacial score (nSPS) is 20.8. The third-order valence-corrected chi connectivity index (χ3v) is 5.38. The fourth-order valence-electron chi connectivity index (χ4n) is 4.05. The largest absolute Gasteiger partial charge is 0.377 e. The summed E-state index contributed by atoms with van der Waals surface area (Å²) in [7, 11) is 0. The molecule has 1 amide bonds. The number of ether oxygens (including phenoxy) is 1. The Morgan fingerprint density at radius 3 is 2.92 bits per heavy atom. The number of H-pyrrole nitrogens is 1. The van der Waals surface area contributed by atoms with Gasteiger partial charge in [0.1, 0.15) is 0 Å². The second-order valence-corrected chi connectivity index (χ2v) is 7.25. The van der Waals surface area contributed by atoms with Gasteiger partial charge in [-0.2, -0.15) is 0 Å². The Morgan fingerprint density at radius 1 is 1.24 bits per heavy atom. The standard InChI is InChI=1S/C20H27N3O2/c24-20(23-10-1-2-11-23)15-22(14-17-6-4-12-25-17)13-16-5-3-7-19-18(16)8-9-21-19/h3,5,7-9,17,21H,1-2,4,6,10-15H2. The van der Waals surface area contributed by atoms with Crippen LogP contribution in [0.25, 0.3) is 10.9 Å². The summed E-state index contributed by atoms with van der Waals surface area (Å²) in [5.74, 6) is 0.261. The maximum absolute atomic E-state index is 12.7. The number of benzene rings is 1. The molecular formula is C20H27N3O2. The van der Waals surface area contributed by atoms with Crippen LogP contribution in [0.3, 0.4) is 0 Å². The van der Waals surface area contributed by atoms with Crippen LogP contribution < -0.4 is 0 Å². The first-order valence-corrected chi connectivity index (χ1v) is 9.46. The van der Waals surface area contributed by atoms with E-state index in [1.807, 2.05) is 11.1 Å². The first kappa shape index (κ1) is 16.6. The molecule has 1 atom stereocenters. The summed E-state index contributed by atoms with van der Waals surface area (Å²) in [6.45, 7) is 4.79. The Balaban J connectivity index is 1.49. The lowest BCUT2D eigenvalue weighted by molar-refractivity contribution is -0.131. The minimum Gasteiger partial charge on any atom is -0.377 e. The zero-order chi connectivity index (χ0) is 17.1. The highest BCUT2D eigenvalue weighted by atomic mass is 16.5. The lowest BCUT2D eigenvalue weighted by atomic mass is 10.1. The summed E-state index contributed by atoms with van der Waals surface area (Å²) in [6, 6.07) is 8.47. The molecule has 3 heterocycles. The fourth-order valence-corrected chi connectivity index (χ4v) is 4.05. The number of hydrogen-bond acceptors (Lipinski definition) is 3. The lowest BCUT2D eigenvalue weighted by Gasteiger charge is -2.27. The van der Waals surface area contributed by atoms with E-state index in [1.54, 1.807) is 0 Å². The number of nitrogens with one attached hydrogen (secondary N) is 1. The molecule has 1 aromatic carbocycles. The molecule has 5 heteroatoms. The summed E-state index contributed by atoms with van der Waals surface area (Å²) < 4.78 is 5.83. The summed E-state index contributed by atoms with van der Waals surface area (Å²) in [5, 5.41) is 1.24. The van der Waals surface area contributed by atoms with E-state index in [0.717, 1.165) is 64.0 Å². The van der Waals surface area contributed by atoms with Crippen LogP contribution >= 0.6 is 0 Å². The predicted octanol–water partition coefficient (Wildman–Crippen LogP) is 2.77. The topological polar surface area (TPSA) is 48.6 Å². The molecule has 0 aliphatic carbocycles. The number of hydrogen-bond donors (Lipinski definition) is 1. The summed E-state index contributed by atoms with van der Waals surface area (Å²) in [5.41, 5.74) is 2.42. The van der Waals surface area contributed by atoms with E-state index >= 15 is 0 Å². The van der Waals surface area contributed by atoms with Gasteiger partial charge < -0.3 is 14.6 Å². The molecule has 2 aliphatic rings. The van der Waals surface area contributed by atoms with E-state index in [1.165, 1.54) is 10.9 Å². The molecule has 0 bridgehead atoms. The van der Waals surface area contributed by atoms with Crippen LogP contribution in [0.1, 0.15) is 31.2 Å². The minimum atomic E-state index is 0.261. The third kappa shape index (κ3) is 3.88. The summed E-state index contributed by atoms with van der Waals surface area (Å²) in [6.07, 6.45) is 6.75. The van der Waals surface area contributed by atoms with Crippen LogP contribution in [0.5, 0.6) is 0 Å². The zero-order valence-electron chi connectivity index (χ0n) is 14.7. The van der Waals surface area contributed by atoms with Gasteiger partial charge in [0, 0.05) is 49.9 Å². The van der Waals surface area contributed by atoms with Crippen molar-refractivity contribution in [2.24, 2.45) is 0 Å². The second kappa shape index (κ2) is 7.58. The number of amides is 1. The van der Waals surface area contributed by atoms with Crippen molar-refractivity contribution < 1.29 is 9.53 Å². The Morgan fingerprint density at radius 2 is 2.12 bits per heavy atom. The molecule has 1 N–H and O–H groups in total. The van der Waals surface area contributed by atoms with Gasteiger partial charge in [-0.3, -0.25) is 9.69 Å². The number of nitrogens with zero attached hydrogens (tertiary/aromatic N) is 2. The van der Waals surface area contributed by atoms with Crippen LogP contribution in [0, 0.1) is 0 Å². The Hall–Kier alpha value is -1.85. The Labute approximate surface area is 148 Å². The van der Waals surface area contributed by atoms with Crippen LogP contribution in [0.15, 0.2) is 30.5 Å². The monoisotopic (exact) mass is 341 g/mol. The van der Waals surface area contributed by atoms with E-state index in [9.17, 15) is 4.79 Å². The van der Waals surface area contributed by atoms with E-state index < -0.39 is 0 Å². The van der Waals surface area contributed by atoms with E-state index in [0.29, 0.717) is 6.54 Å². The van der Waals surface area contributed by atoms with Gasteiger partial charge in [-0.1, -0.05) is 12.1 Å². The molecule has 0 radical (unpaired) electrons. The Bertz CT molecular complexity index is 715. The van der Waals surface area contributed by atoms with Gasteiger partial charge in [-0.05, 0) is 43.4 Å². The SMILES string of the molecule is O=C(CN(Cc1cccc2[nH]ccc12)CC1CCCO1)N1CCCC1. The summed E-state index contributed by atoms with van der Waals surface area (Å²) in [4.78, 5) is 20.2. The molecule has 1 unspecified atom stereocenters. The van der Waals surface area contributed by atoms with Crippen LogP contribution in [-0.4, -0.2) is 59.6 Å². The number of aromatic nitrogens is 1. The van der Waals surface area contributed by atoms with Gasteiger partial charge in [0.05, 0.1) is 12.6 Å². The van der Waals surface area contributed by atoms with Gasteiger partial charge in [-0.25, -0.2) is 0 Å². The molecule has 25 heavy (non-hydrogen) atoms. The molecule has 2 aromatic rings. The van der Waals surface area contributed by atoms with Crippen molar-refractivity contribution >= 4 is 16.8 Å². The van der Waals surface area contributed by atoms with Gasteiger partial charge >= 0.3 is 0 Å². The van der Waals surface area contributed by atoms with Gasteiger partial charge in [0.15, 0.2) is 0 Å². The van der Waals surface area contributed by atoms with Gasteiger partial charge in [0.2, 0.25) is 5.91 Å². The molecular weight excluding hydrogens is 314 g/mol. The summed E-state index contributed by atoms with van der Waals surface area (Å²) >= 11 is 0. The lowest BCUT2D eigenvalue weighted by Crippen LogP contribution is -2.41. The minimum absolute atomic E-state index is 0.261. The van der Waals surface area contributed by atoms with E-state index in [-0.39, 0.29) is 12.0 Å². The Kier molecular flexibility index (Phi) is 5.04. The third-order valence-electron chi connectivity index (χ3n) is 5.38. The fraction of sp³-hybridized carbons (Fsp3) is 0.550. The van der Waals surface area contributed by atoms with Crippen LogP contribution in [-0.2, 0) is 16.1 Å². The van der Waals surface area contributed by atoms with Gasteiger partial charge in [-0.15, -0.1) is 0 Å². The highest BCUT2D eigenvalue weighted by molar-refractivity contribution is 5.83.